The first-order valence-corrected chi connectivity index (χ1v) is 6.23. The largest absolute Gasteiger partial charge is 0.384 e. The van der Waals surface area contributed by atoms with Gasteiger partial charge in [0, 0.05) is 22.9 Å². The molecule has 0 atom stereocenters. The Morgan fingerprint density at radius 3 is 3.00 bits per heavy atom. The molecule has 0 amide bonds. The molecule has 1 spiro atoms. The number of rotatable bonds is 0. The Kier molecular flexibility index (Phi) is 1.81. The van der Waals surface area contributed by atoms with Crippen LogP contribution in [0.3, 0.4) is 0 Å². The van der Waals surface area contributed by atoms with Crippen LogP contribution < -0.4 is 5.32 Å². The summed E-state index contributed by atoms with van der Waals surface area (Å²) in [6.07, 6.45) is 2.83. The van der Waals surface area contributed by atoms with Crippen LogP contribution in [-0.2, 0) is 0 Å². The average Bonchev–Trinajstić information content (AvgIpc) is 2.96. The molecule has 1 aromatic rings. The van der Waals surface area contributed by atoms with Crippen LogP contribution in [-0.4, -0.2) is 12.3 Å². The van der Waals surface area contributed by atoms with Crippen LogP contribution >= 0.6 is 11.8 Å². The Morgan fingerprint density at radius 2 is 2.21 bits per heavy atom. The van der Waals surface area contributed by atoms with Gasteiger partial charge in [-0.1, -0.05) is 6.07 Å². The summed E-state index contributed by atoms with van der Waals surface area (Å²) >= 11 is 2.03. The first-order valence-electron chi connectivity index (χ1n) is 5.25. The quantitative estimate of drug-likeness (QED) is 0.697. The minimum atomic E-state index is 0.636. The van der Waals surface area contributed by atoms with Gasteiger partial charge in [0.2, 0.25) is 0 Å². The zero-order valence-corrected chi connectivity index (χ0v) is 9.29. The van der Waals surface area contributed by atoms with Crippen LogP contribution in [0.15, 0.2) is 23.1 Å². The van der Waals surface area contributed by atoms with E-state index in [4.69, 9.17) is 0 Å². The van der Waals surface area contributed by atoms with E-state index in [1.54, 1.807) is 0 Å². The summed E-state index contributed by atoms with van der Waals surface area (Å²) in [5.74, 6) is 1.30. The summed E-state index contributed by atoms with van der Waals surface area (Å²) in [5.41, 5.74) is 3.34. The summed E-state index contributed by atoms with van der Waals surface area (Å²) in [7, 11) is 0. The molecular formula is C12H15NS. The van der Waals surface area contributed by atoms with E-state index in [-0.39, 0.29) is 0 Å². The lowest BCUT2D eigenvalue weighted by Crippen LogP contribution is -2.15. The fourth-order valence-electron chi connectivity index (χ4n) is 1.96. The summed E-state index contributed by atoms with van der Waals surface area (Å²) in [5, 5.41) is 3.58. The second kappa shape index (κ2) is 2.93. The molecule has 0 bridgehead atoms. The van der Waals surface area contributed by atoms with Crippen LogP contribution in [0.2, 0.25) is 0 Å². The number of hydrogen-bond acceptors (Lipinski definition) is 2. The van der Waals surface area contributed by atoms with Gasteiger partial charge in [-0.25, -0.2) is 0 Å². The Bertz CT molecular complexity index is 369. The second-order valence-electron chi connectivity index (χ2n) is 4.64. The molecule has 3 rings (SSSR count). The molecule has 2 heteroatoms. The van der Waals surface area contributed by atoms with Crippen molar-refractivity contribution in [1.82, 2.24) is 0 Å². The molecule has 1 aromatic carbocycles. The fraction of sp³-hybridized carbons (Fsp3) is 0.500. The van der Waals surface area contributed by atoms with Crippen molar-refractivity contribution in [3.8, 4) is 0 Å². The van der Waals surface area contributed by atoms with Gasteiger partial charge in [0.25, 0.3) is 0 Å². The van der Waals surface area contributed by atoms with Crippen molar-refractivity contribution in [3.63, 3.8) is 0 Å². The lowest BCUT2D eigenvalue weighted by molar-refractivity contribution is 0.626. The summed E-state index contributed by atoms with van der Waals surface area (Å²) in [6.45, 7) is 3.34. The van der Waals surface area contributed by atoms with E-state index < -0.39 is 0 Å². The van der Waals surface area contributed by atoms with Crippen molar-refractivity contribution in [2.75, 3.05) is 17.6 Å². The molecule has 1 aliphatic heterocycles. The van der Waals surface area contributed by atoms with E-state index in [1.165, 1.54) is 41.3 Å². The third kappa shape index (κ3) is 1.42. The monoisotopic (exact) mass is 205 g/mol. The van der Waals surface area contributed by atoms with Gasteiger partial charge in [-0.3, -0.25) is 0 Å². The van der Waals surface area contributed by atoms with Gasteiger partial charge in [-0.15, -0.1) is 11.8 Å². The maximum Gasteiger partial charge on any atom is 0.0478 e. The van der Waals surface area contributed by atoms with E-state index in [1.807, 2.05) is 11.8 Å². The second-order valence-corrected chi connectivity index (χ2v) is 5.66. The molecule has 1 aliphatic carbocycles. The van der Waals surface area contributed by atoms with Gasteiger partial charge >= 0.3 is 0 Å². The van der Waals surface area contributed by atoms with Crippen LogP contribution in [0, 0.1) is 12.3 Å². The molecule has 2 aliphatic rings. The number of nitrogens with one attached hydrogen (secondary N) is 1. The molecule has 1 fully saturated rings. The van der Waals surface area contributed by atoms with Crippen LogP contribution in [0.5, 0.6) is 0 Å². The summed E-state index contributed by atoms with van der Waals surface area (Å²) < 4.78 is 0. The average molecular weight is 205 g/mol. The minimum Gasteiger partial charge on any atom is -0.384 e. The minimum absolute atomic E-state index is 0.636. The van der Waals surface area contributed by atoms with Gasteiger partial charge < -0.3 is 5.32 Å². The lowest BCUT2D eigenvalue weighted by atomic mass is 10.1. The van der Waals surface area contributed by atoms with E-state index in [2.05, 4.69) is 30.4 Å². The third-order valence-corrected chi connectivity index (χ3v) is 4.69. The molecule has 0 radical (unpaired) electrons. The zero-order valence-electron chi connectivity index (χ0n) is 8.47. The van der Waals surface area contributed by atoms with Gasteiger partial charge in [0.15, 0.2) is 0 Å². The molecule has 14 heavy (non-hydrogen) atoms. The maximum absolute atomic E-state index is 3.58. The highest BCUT2D eigenvalue weighted by molar-refractivity contribution is 7.99. The Hall–Kier alpha value is -0.630. The molecule has 1 nitrogen and oxygen atoms in total. The van der Waals surface area contributed by atoms with Crippen LogP contribution in [0.25, 0.3) is 0 Å². The van der Waals surface area contributed by atoms with E-state index >= 15 is 0 Å². The van der Waals surface area contributed by atoms with E-state index in [0.717, 1.165) is 0 Å². The maximum atomic E-state index is 3.58. The number of thioether (sulfide) groups is 1. The molecule has 0 aromatic heterocycles. The smallest absolute Gasteiger partial charge is 0.0478 e. The highest BCUT2D eigenvalue weighted by Crippen LogP contribution is 2.51. The zero-order chi connectivity index (χ0) is 9.60. The van der Waals surface area contributed by atoms with Gasteiger partial charge in [0.05, 0.1) is 0 Å². The molecular weight excluding hydrogens is 190 g/mol. The molecule has 1 saturated carbocycles. The predicted molar refractivity (Wildman–Crippen MR) is 62.1 cm³/mol. The van der Waals surface area contributed by atoms with Crippen molar-refractivity contribution in [3.05, 3.63) is 23.8 Å². The number of benzene rings is 1. The van der Waals surface area contributed by atoms with Gasteiger partial charge in [-0.05, 0) is 42.9 Å². The van der Waals surface area contributed by atoms with Crippen LogP contribution in [0.1, 0.15) is 18.4 Å². The number of anilines is 1. The molecule has 74 valence electrons. The van der Waals surface area contributed by atoms with Gasteiger partial charge in [0.1, 0.15) is 0 Å². The molecule has 0 unspecified atom stereocenters. The number of hydrogen-bond donors (Lipinski definition) is 1. The number of aryl methyl sites for hydroxylation is 1. The SMILES string of the molecule is Cc1ccc2c(c1)SCC1(CC1)CN2. The highest BCUT2D eigenvalue weighted by Gasteiger charge is 2.43. The molecule has 1 heterocycles. The summed E-state index contributed by atoms with van der Waals surface area (Å²) in [6, 6.07) is 6.71. The first-order chi connectivity index (χ1) is 6.77. The first kappa shape index (κ1) is 8.66. The molecule has 0 saturated heterocycles. The predicted octanol–water partition coefficient (Wildman–Crippen LogP) is 3.29. The van der Waals surface area contributed by atoms with Crippen LogP contribution in [0.4, 0.5) is 5.69 Å². The third-order valence-electron chi connectivity index (χ3n) is 3.28. The van der Waals surface area contributed by atoms with Gasteiger partial charge in [-0.2, -0.15) is 0 Å². The van der Waals surface area contributed by atoms with Crippen molar-refractivity contribution in [1.29, 1.82) is 0 Å². The van der Waals surface area contributed by atoms with E-state index in [9.17, 15) is 0 Å². The Balaban J connectivity index is 1.93. The van der Waals surface area contributed by atoms with Crippen molar-refractivity contribution < 1.29 is 0 Å². The summed E-state index contributed by atoms with van der Waals surface area (Å²) in [4.78, 5) is 1.44. The topological polar surface area (TPSA) is 12.0 Å². The van der Waals surface area contributed by atoms with Crippen molar-refractivity contribution in [2.45, 2.75) is 24.7 Å². The van der Waals surface area contributed by atoms with Crippen molar-refractivity contribution in [2.24, 2.45) is 5.41 Å². The Labute approximate surface area is 89.3 Å². The Morgan fingerprint density at radius 1 is 1.36 bits per heavy atom. The highest BCUT2D eigenvalue weighted by atomic mass is 32.2. The standard InChI is InChI=1S/C12H15NS/c1-9-2-3-10-11(6-9)14-8-12(4-5-12)7-13-10/h2-3,6,13H,4-5,7-8H2,1H3. The molecule has 1 N–H and O–H groups in total. The lowest BCUT2D eigenvalue weighted by Gasteiger charge is -2.10. The van der Waals surface area contributed by atoms with Crippen molar-refractivity contribution >= 4 is 17.4 Å². The normalized spacial score (nSPS) is 22.4. The number of fused-ring (bicyclic) bond motifs is 1. The van der Waals surface area contributed by atoms with E-state index in [0.29, 0.717) is 5.41 Å². The fourth-order valence-corrected chi connectivity index (χ4v) is 3.37.